The standard InChI is InChI=1S/C14H12FNO2/c1-2-18-14(17)13-11(6-3-7-12(13)15)10-5-4-8-16-9-10/h3-9H,2H2,1H3. The third kappa shape index (κ3) is 2.37. The summed E-state index contributed by atoms with van der Waals surface area (Å²) in [5.74, 6) is -1.25. The molecule has 0 bridgehead atoms. The molecule has 1 aromatic heterocycles. The predicted octanol–water partition coefficient (Wildman–Crippen LogP) is 3.06. The summed E-state index contributed by atoms with van der Waals surface area (Å²) in [7, 11) is 0. The van der Waals surface area contributed by atoms with Crippen molar-refractivity contribution in [2.75, 3.05) is 6.61 Å². The van der Waals surface area contributed by atoms with Crippen LogP contribution < -0.4 is 0 Å². The van der Waals surface area contributed by atoms with Gasteiger partial charge in [0.2, 0.25) is 0 Å². The number of esters is 1. The van der Waals surface area contributed by atoms with Gasteiger partial charge < -0.3 is 4.74 Å². The molecule has 4 heteroatoms. The third-order valence-electron chi connectivity index (χ3n) is 2.47. The van der Waals surface area contributed by atoms with Crippen molar-refractivity contribution < 1.29 is 13.9 Å². The summed E-state index contributed by atoms with van der Waals surface area (Å²) in [5.41, 5.74) is 1.12. The summed E-state index contributed by atoms with van der Waals surface area (Å²) in [4.78, 5) is 15.7. The predicted molar refractivity (Wildman–Crippen MR) is 65.6 cm³/mol. The molecule has 0 aliphatic heterocycles. The maximum Gasteiger partial charge on any atom is 0.341 e. The van der Waals surface area contributed by atoms with Crippen molar-refractivity contribution in [3.63, 3.8) is 0 Å². The lowest BCUT2D eigenvalue weighted by Crippen LogP contribution is -2.09. The molecular weight excluding hydrogens is 233 g/mol. The number of ether oxygens (including phenoxy) is 1. The number of rotatable bonds is 3. The van der Waals surface area contributed by atoms with Gasteiger partial charge in [-0.25, -0.2) is 9.18 Å². The normalized spacial score (nSPS) is 10.1. The summed E-state index contributed by atoms with van der Waals surface area (Å²) in [6, 6.07) is 7.97. The van der Waals surface area contributed by atoms with E-state index in [9.17, 15) is 9.18 Å². The molecule has 2 rings (SSSR count). The number of nitrogens with zero attached hydrogens (tertiary/aromatic N) is 1. The Labute approximate surface area is 104 Å². The molecule has 3 nitrogen and oxygen atoms in total. The van der Waals surface area contributed by atoms with Crippen LogP contribution in [0.5, 0.6) is 0 Å². The average molecular weight is 245 g/mol. The Bertz CT molecular complexity index is 555. The maximum absolute atomic E-state index is 13.8. The molecule has 0 N–H and O–H groups in total. The molecule has 92 valence electrons. The Balaban J connectivity index is 2.55. The topological polar surface area (TPSA) is 39.2 Å². The Hall–Kier alpha value is -2.23. The van der Waals surface area contributed by atoms with Gasteiger partial charge in [-0.05, 0) is 19.1 Å². The van der Waals surface area contributed by atoms with Crippen molar-refractivity contribution in [2.24, 2.45) is 0 Å². The molecule has 2 aromatic rings. The molecule has 1 aromatic carbocycles. The monoisotopic (exact) mass is 245 g/mol. The van der Waals surface area contributed by atoms with Gasteiger partial charge in [0.1, 0.15) is 11.4 Å². The second kappa shape index (κ2) is 5.40. The zero-order valence-corrected chi connectivity index (χ0v) is 9.89. The van der Waals surface area contributed by atoms with Crippen LogP contribution in [0.1, 0.15) is 17.3 Å². The molecule has 18 heavy (non-hydrogen) atoms. The first-order valence-corrected chi connectivity index (χ1v) is 5.60. The first kappa shape index (κ1) is 12.2. The highest BCUT2D eigenvalue weighted by molar-refractivity contribution is 5.97. The van der Waals surface area contributed by atoms with Crippen LogP contribution in [0.3, 0.4) is 0 Å². The van der Waals surface area contributed by atoms with Crippen LogP contribution in [0.4, 0.5) is 4.39 Å². The Morgan fingerprint density at radius 1 is 1.33 bits per heavy atom. The van der Waals surface area contributed by atoms with E-state index in [1.165, 1.54) is 6.07 Å². The van der Waals surface area contributed by atoms with Crippen LogP contribution in [0.15, 0.2) is 42.7 Å². The number of carbonyl (C=O) groups is 1. The van der Waals surface area contributed by atoms with E-state index < -0.39 is 11.8 Å². The van der Waals surface area contributed by atoms with E-state index in [0.717, 1.165) is 0 Å². The molecule has 0 spiro atoms. The van der Waals surface area contributed by atoms with Crippen molar-refractivity contribution in [3.05, 3.63) is 54.1 Å². The smallest absolute Gasteiger partial charge is 0.341 e. The van der Waals surface area contributed by atoms with Crippen LogP contribution in [0.2, 0.25) is 0 Å². The summed E-state index contributed by atoms with van der Waals surface area (Å²) in [6.07, 6.45) is 3.20. The number of hydrogen-bond acceptors (Lipinski definition) is 3. The highest BCUT2D eigenvalue weighted by Gasteiger charge is 2.18. The molecule has 1 heterocycles. The zero-order valence-electron chi connectivity index (χ0n) is 9.89. The molecular formula is C14H12FNO2. The largest absolute Gasteiger partial charge is 0.462 e. The van der Waals surface area contributed by atoms with Crippen molar-refractivity contribution >= 4 is 5.97 Å². The van der Waals surface area contributed by atoms with Gasteiger partial charge in [0.25, 0.3) is 0 Å². The second-order valence-corrected chi connectivity index (χ2v) is 3.62. The summed E-state index contributed by atoms with van der Waals surface area (Å²) >= 11 is 0. The highest BCUT2D eigenvalue weighted by Crippen LogP contribution is 2.25. The number of carbonyl (C=O) groups excluding carboxylic acids is 1. The highest BCUT2D eigenvalue weighted by atomic mass is 19.1. The lowest BCUT2D eigenvalue weighted by molar-refractivity contribution is 0.0522. The van der Waals surface area contributed by atoms with Gasteiger partial charge in [-0.15, -0.1) is 0 Å². The third-order valence-corrected chi connectivity index (χ3v) is 2.47. The van der Waals surface area contributed by atoms with Crippen molar-refractivity contribution in [1.82, 2.24) is 4.98 Å². The Kier molecular flexibility index (Phi) is 3.67. The Morgan fingerprint density at radius 2 is 2.17 bits per heavy atom. The number of benzene rings is 1. The minimum Gasteiger partial charge on any atom is -0.462 e. The van der Waals surface area contributed by atoms with Crippen LogP contribution in [-0.2, 0) is 4.74 Å². The maximum atomic E-state index is 13.8. The van der Waals surface area contributed by atoms with E-state index in [4.69, 9.17) is 4.74 Å². The van der Waals surface area contributed by atoms with Crippen molar-refractivity contribution in [2.45, 2.75) is 6.92 Å². The van der Waals surface area contributed by atoms with E-state index in [1.807, 2.05) is 0 Å². The molecule has 0 saturated heterocycles. The SMILES string of the molecule is CCOC(=O)c1c(F)cccc1-c1cccnc1. The molecule has 0 unspecified atom stereocenters. The number of halogens is 1. The van der Waals surface area contributed by atoms with Crippen molar-refractivity contribution in [3.8, 4) is 11.1 Å². The number of pyridine rings is 1. The first-order chi connectivity index (χ1) is 8.74. The van der Waals surface area contributed by atoms with Crippen molar-refractivity contribution in [1.29, 1.82) is 0 Å². The molecule has 0 amide bonds. The molecule has 0 saturated carbocycles. The van der Waals surface area contributed by atoms with Gasteiger partial charge in [-0.2, -0.15) is 0 Å². The van der Waals surface area contributed by atoms with Crippen LogP contribution in [-0.4, -0.2) is 17.6 Å². The first-order valence-electron chi connectivity index (χ1n) is 5.60. The minimum atomic E-state index is -0.658. The molecule has 0 atom stereocenters. The van der Waals surface area contributed by atoms with Gasteiger partial charge in [-0.1, -0.05) is 18.2 Å². The van der Waals surface area contributed by atoms with Crippen LogP contribution in [0.25, 0.3) is 11.1 Å². The molecule has 0 fully saturated rings. The average Bonchev–Trinajstić information content (AvgIpc) is 2.39. The summed E-state index contributed by atoms with van der Waals surface area (Å²) < 4.78 is 18.7. The van der Waals surface area contributed by atoms with Crippen LogP contribution in [0, 0.1) is 5.82 Å². The van der Waals surface area contributed by atoms with Gasteiger partial charge in [0.15, 0.2) is 0 Å². The number of aromatic nitrogens is 1. The summed E-state index contributed by atoms with van der Waals surface area (Å²) in [5, 5.41) is 0. The van der Waals surface area contributed by atoms with E-state index in [1.54, 1.807) is 43.6 Å². The molecule has 0 aliphatic rings. The van der Waals surface area contributed by atoms with E-state index in [0.29, 0.717) is 11.1 Å². The zero-order chi connectivity index (χ0) is 13.0. The van der Waals surface area contributed by atoms with E-state index in [-0.39, 0.29) is 12.2 Å². The van der Waals surface area contributed by atoms with Gasteiger partial charge in [-0.3, -0.25) is 4.98 Å². The second-order valence-electron chi connectivity index (χ2n) is 3.62. The lowest BCUT2D eigenvalue weighted by Gasteiger charge is -2.09. The van der Waals surface area contributed by atoms with E-state index in [2.05, 4.69) is 4.98 Å². The van der Waals surface area contributed by atoms with Gasteiger partial charge in [0, 0.05) is 23.5 Å². The quantitative estimate of drug-likeness (QED) is 0.780. The Morgan fingerprint density at radius 3 is 2.83 bits per heavy atom. The van der Waals surface area contributed by atoms with E-state index >= 15 is 0 Å². The molecule has 0 aliphatic carbocycles. The fourth-order valence-electron chi connectivity index (χ4n) is 1.70. The lowest BCUT2D eigenvalue weighted by atomic mass is 10.0. The number of hydrogen-bond donors (Lipinski definition) is 0. The van der Waals surface area contributed by atoms with Gasteiger partial charge in [0.05, 0.1) is 6.61 Å². The summed E-state index contributed by atoms with van der Waals surface area (Å²) in [6.45, 7) is 1.89. The molecule has 0 radical (unpaired) electrons. The minimum absolute atomic E-state index is 0.0487. The van der Waals surface area contributed by atoms with Gasteiger partial charge >= 0.3 is 5.97 Å². The fraction of sp³-hybridized carbons (Fsp3) is 0.143. The van der Waals surface area contributed by atoms with Crippen LogP contribution >= 0.6 is 0 Å². The fourth-order valence-corrected chi connectivity index (χ4v) is 1.70.